The van der Waals surface area contributed by atoms with Crippen LogP contribution in [0.15, 0.2) is 12.7 Å². The average molecular weight is 132 g/mol. The van der Waals surface area contributed by atoms with Gasteiger partial charge >= 0.3 is 0 Å². The lowest BCUT2D eigenvalue weighted by Crippen LogP contribution is -2.15. The Balaban J connectivity index is 3.46. The van der Waals surface area contributed by atoms with E-state index >= 15 is 0 Å². The topological polar surface area (TPSA) is 40.5 Å². The van der Waals surface area contributed by atoms with Gasteiger partial charge in [-0.1, -0.05) is 6.08 Å². The van der Waals surface area contributed by atoms with Crippen LogP contribution in [-0.4, -0.2) is 21.4 Å². The summed E-state index contributed by atoms with van der Waals surface area (Å²) in [7, 11) is 0. The molecule has 2 nitrogen and oxygen atoms in total. The monoisotopic (exact) mass is 132 g/mol. The highest BCUT2D eigenvalue weighted by Gasteiger charge is 2.03. The van der Waals surface area contributed by atoms with Gasteiger partial charge in [-0.2, -0.15) is 0 Å². The zero-order valence-electron chi connectivity index (χ0n) is 4.37. The van der Waals surface area contributed by atoms with Crippen molar-refractivity contribution in [1.82, 2.24) is 0 Å². The summed E-state index contributed by atoms with van der Waals surface area (Å²) in [6.45, 7) is 3.35. The van der Waals surface area contributed by atoms with Gasteiger partial charge in [0.2, 0.25) is 0 Å². The zero-order chi connectivity index (χ0) is 6.57. The van der Waals surface area contributed by atoms with Gasteiger partial charge in [0.25, 0.3) is 0 Å². The Labute approximate surface area is 53.5 Å². The van der Waals surface area contributed by atoms with Gasteiger partial charge < -0.3 is 10.2 Å². The molecule has 0 aromatic carbocycles. The van der Waals surface area contributed by atoms with Gasteiger partial charge in [0.05, 0.1) is 0 Å². The van der Waals surface area contributed by atoms with Crippen LogP contribution in [0.1, 0.15) is 6.42 Å². The second-order valence-corrected chi connectivity index (χ2v) is 1.80. The molecule has 0 aliphatic carbocycles. The van der Waals surface area contributed by atoms with E-state index in [4.69, 9.17) is 10.2 Å². The maximum absolute atomic E-state index is 8.66. The van der Waals surface area contributed by atoms with Crippen molar-refractivity contribution in [3.63, 3.8) is 0 Å². The third kappa shape index (κ3) is 2.71. The van der Waals surface area contributed by atoms with Crippen LogP contribution in [0.3, 0.4) is 0 Å². The van der Waals surface area contributed by atoms with Crippen molar-refractivity contribution in [2.24, 2.45) is 0 Å². The summed E-state index contributed by atoms with van der Waals surface area (Å²) in [6, 6.07) is 0. The molecule has 0 spiro atoms. The Kier molecular flexibility index (Phi) is 3.39. The number of hydrogen-bond acceptors (Lipinski definition) is 2. The summed E-state index contributed by atoms with van der Waals surface area (Å²) >= 11 is 4.24. The summed E-state index contributed by atoms with van der Waals surface area (Å²) in [5.74, 6) is 0. The molecule has 0 saturated heterocycles. The van der Waals surface area contributed by atoms with E-state index < -0.39 is 6.10 Å². The number of aliphatic hydroxyl groups is 2. The van der Waals surface area contributed by atoms with E-state index in [1.807, 2.05) is 0 Å². The van der Waals surface area contributed by atoms with Crippen molar-refractivity contribution < 1.29 is 10.2 Å². The quantitative estimate of drug-likeness (QED) is 0.441. The number of aliphatic hydroxyl groups excluding tert-OH is 2. The van der Waals surface area contributed by atoms with Crippen molar-refractivity contribution in [3.05, 3.63) is 12.7 Å². The molecule has 0 radical (unpaired) electrons. The lowest BCUT2D eigenvalue weighted by atomic mass is 10.3. The summed E-state index contributed by atoms with van der Waals surface area (Å²) < 4.78 is 0. The van der Waals surface area contributed by atoms with Gasteiger partial charge in [0, 0.05) is 0 Å². The van der Waals surface area contributed by atoms with Crippen LogP contribution in [0, 0.1) is 0 Å². The van der Waals surface area contributed by atoms with E-state index in [1.54, 1.807) is 0 Å². The van der Waals surface area contributed by atoms with Crippen LogP contribution >= 0.6 is 12.2 Å². The average Bonchev–Trinajstić information content (AvgIpc) is 1.67. The van der Waals surface area contributed by atoms with Crippen molar-refractivity contribution in [2.45, 2.75) is 12.5 Å². The molecule has 0 aromatic heterocycles. The number of hydrogen-bond donors (Lipinski definition) is 2. The van der Waals surface area contributed by atoms with Crippen LogP contribution in [0.25, 0.3) is 0 Å². The molecule has 0 fully saturated rings. The van der Waals surface area contributed by atoms with Crippen molar-refractivity contribution in [2.75, 3.05) is 0 Å². The third-order valence-corrected chi connectivity index (χ3v) is 0.947. The fourth-order valence-electron chi connectivity index (χ4n) is 0.259. The molecule has 2 N–H and O–H groups in total. The normalized spacial score (nSPS) is 12.6. The molecule has 8 heavy (non-hydrogen) atoms. The standard InChI is InChI=1S/C5H8O2S/c1-2-3-4(6)5(7)8/h2,4,6H,1,3H2,(H,7,8). The largest absolute Gasteiger partial charge is 0.500 e. The molecule has 0 aliphatic heterocycles. The van der Waals surface area contributed by atoms with Crippen LogP contribution < -0.4 is 0 Å². The minimum absolute atomic E-state index is 0.315. The minimum Gasteiger partial charge on any atom is -0.500 e. The summed E-state index contributed by atoms with van der Waals surface area (Å²) in [6.07, 6.45) is 0.894. The lowest BCUT2D eigenvalue weighted by molar-refractivity contribution is 0.225. The Morgan fingerprint density at radius 1 is 1.88 bits per heavy atom. The molecule has 46 valence electrons. The van der Waals surface area contributed by atoms with Gasteiger partial charge in [-0.05, 0) is 18.6 Å². The predicted molar refractivity (Wildman–Crippen MR) is 36.0 cm³/mol. The van der Waals surface area contributed by atoms with Crippen LogP contribution in [0.5, 0.6) is 0 Å². The molecule has 0 heterocycles. The smallest absolute Gasteiger partial charge is 0.186 e. The van der Waals surface area contributed by atoms with Crippen molar-refractivity contribution in [1.29, 1.82) is 0 Å². The maximum Gasteiger partial charge on any atom is 0.186 e. The fourth-order valence-corrected chi connectivity index (χ4v) is 0.355. The summed E-state index contributed by atoms with van der Waals surface area (Å²) in [5, 5.41) is 16.7. The maximum atomic E-state index is 8.66. The Morgan fingerprint density at radius 2 is 2.38 bits per heavy atom. The number of rotatable bonds is 3. The van der Waals surface area contributed by atoms with Crippen molar-refractivity contribution in [3.8, 4) is 0 Å². The molecule has 3 heteroatoms. The third-order valence-electron chi connectivity index (χ3n) is 0.675. The molecule has 0 saturated carbocycles. The Morgan fingerprint density at radius 3 is 2.50 bits per heavy atom. The van der Waals surface area contributed by atoms with Crippen LogP contribution in [0.4, 0.5) is 0 Å². The predicted octanol–water partition coefficient (Wildman–Crippen LogP) is 0.809. The van der Waals surface area contributed by atoms with E-state index in [0.717, 1.165) is 0 Å². The summed E-state index contributed by atoms with van der Waals surface area (Å²) in [4.78, 5) is 0. The summed E-state index contributed by atoms with van der Waals surface area (Å²) in [5.41, 5.74) is 0. The molecule has 1 atom stereocenters. The van der Waals surface area contributed by atoms with E-state index in [1.165, 1.54) is 6.08 Å². The van der Waals surface area contributed by atoms with Gasteiger partial charge in [-0.25, -0.2) is 0 Å². The first-order valence-electron chi connectivity index (χ1n) is 2.20. The molecular formula is C5H8O2S. The molecule has 0 rings (SSSR count). The first kappa shape index (κ1) is 7.59. The Bertz CT molecular complexity index is 101. The fraction of sp³-hybridized carbons (Fsp3) is 0.400. The van der Waals surface area contributed by atoms with E-state index in [-0.39, 0.29) is 5.05 Å². The van der Waals surface area contributed by atoms with Crippen molar-refractivity contribution >= 4 is 17.3 Å². The highest BCUT2D eigenvalue weighted by molar-refractivity contribution is 7.80. The lowest BCUT2D eigenvalue weighted by Gasteiger charge is -2.00. The van der Waals surface area contributed by atoms with Crippen LogP contribution in [0.2, 0.25) is 0 Å². The van der Waals surface area contributed by atoms with Gasteiger partial charge in [-0.3, -0.25) is 0 Å². The van der Waals surface area contributed by atoms with E-state index in [9.17, 15) is 0 Å². The highest BCUT2D eigenvalue weighted by atomic mass is 32.1. The molecule has 0 amide bonds. The molecular weight excluding hydrogens is 124 g/mol. The van der Waals surface area contributed by atoms with Crippen LogP contribution in [-0.2, 0) is 0 Å². The van der Waals surface area contributed by atoms with Gasteiger partial charge in [0.15, 0.2) is 5.05 Å². The van der Waals surface area contributed by atoms with Gasteiger partial charge in [-0.15, -0.1) is 6.58 Å². The second kappa shape index (κ2) is 3.57. The van der Waals surface area contributed by atoms with E-state index in [2.05, 4.69) is 18.8 Å². The molecule has 0 bridgehead atoms. The minimum atomic E-state index is -0.914. The first-order chi connectivity index (χ1) is 3.68. The Hall–Kier alpha value is -0.410. The van der Waals surface area contributed by atoms with Gasteiger partial charge in [0.1, 0.15) is 6.10 Å². The van der Waals surface area contributed by atoms with E-state index in [0.29, 0.717) is 6.42 Å². The molecule has 0 aromatic rings. The SMILES string of the molecule is C=CCC(O)C(O)=S. The first-order valence-corrected chi connectivity index (χ1v) is 2.61. The molecule has 1 unspecified atom stereocenters. The second-order valence-electron chi connectivity index (χ2n) is 1.38. The number of thiocarbonyl (C=S) groups is 1. The molecule has 0 aliphatic rings. The zero-order valence-corrected chi connectivity index (χ0v) is 5.19. The highest BCUT2D eigenvalue weighted by Crippen LogP contribution is 1.92.